The van der Waals surface area contributed by atoms with Crippen LogP contribution in [0.4, 0.5) is 4.39 Å². The zero-order valence-corrected chi connectivity index (χ0v) is 10.3. The summed E-state index contributed by atoms with van der Waals surface area (Å²) in [4.78, 5) is 0. The van der Waals surface area contributed by atoms with Crippen LogP contribution in [0.3, 0.4) is 0 Å². The Hall–Kier alpha value is -1.13. The van der Waals surface area contributed by atoms with E-state index in [1.54, 1.807) is 18.2 Å². The van der Waals surface area contributed by atoms with Crippen molar-refractivity contribution < 1.29 is 13.9 Å². The number of methoxy groups -OCH3 is 1. The molecular weight excluding hydrogens is 275 g/mol. The van der Waals surface area contributed by atoms with Crippen LogP contribution in [0.25, 0.3) is 10.8 Å². The summed E-state index contributed by atoms with van der Waals surface area (Å²) < 4.78 is 24.7. The Labute approximate surface area is 101 Å². The molecule has 0 aliphatic carbocycles. The van der Waals surface area contributed by atoms with Crippen LogP contribution >= 0.6 is 15.9 Å². The summed E-state index contributed by atoms with van der Waals surface area (Å²) in [5.74, 6) is -0.178. The lowest BCUT2D eigenvalue weighted by Gasteiger charge is -2.09. The number of halogens is 2. The van der Waals surface area contributed by atoms with Gasteiger partial charge < -0.3 is 9.47 Å². The predicted molar refractivity (Wildman–Crippen MR) is 64.1 cm³/mol. The first-order chi connectivity index (χ1) is 7.74. The minimum absolute atomic E-state index is 0.0295. The molecule has 0 saturated heterocycles. The lowest BCUT2D eigenvalue weighted by atomic mass is 10.1. The molecule has 0 amide bonds. The van der Waals surface area contributed by atoms with Crippen molar-refractivity contribution in [2.75, 3.05) is 13.9 Å². The van der Waals surface area contributed by atoms with E-state index in [9.17, 15) is 4.39 Å². The third-order valence-corrected chi connectivity index (χ3v) is 2.88. The molecule has 0 spiro atoms. The zero-order valence-electron chi connectivity index (χ0n) is 8.67. The fourth-order valence-electron chi connectivity index (χ4n) is 1.50. The molecule has 0 aromatic heterocycles. The van der Waals surface area contributed by atoms with Crippen molar-refractivity contribution in [3.63, 3.8) is 0 Å². The molecule has 0 N–H and O–H groups in total. The fourth-order valence-corrected chi connectivity index (χ4v) is 2.05. The number of benzene rings is 2. The van der Waals surface area contributed by atoms with Crippen LogP contribution in [0.5, 0.6) is 5.75 Å². The van der Waals surface area contributed by atoms with Gasteiger partial charge in [-0.25, -0.2) is 4.39 Å². The van der Waals surface area contributed by atoms with Gasteiger partial charge in [-0.2, -0.15) is 0 Å². The van der Waals surface area contributed by atoms with Crippen molar-refractivity contribution in [1.29, 1.82) is 0 Å². The van der Waals surface area contributed by atoms with E-state index >= 15 is 0 Å². The summed E-state index contributed by atoms with van der Waals surface area (Å²) in [5.41, 5.74) is 0. The van der Waals surface area contributed by atoms with Gasteiger partial charge in [-0.15, -0.1) is 0 Å². The lowest BCUT2D eigenvalue weighted by Crippen LogP contribution is -2.01. The molecule has 0 bridgehead atoms. The van der Waals surface area contributed by atoms with Crippen molar-refractivity contribution in [3.8, 4) is 5.75 Å². The highest BCUT2D eigenvalue weighted by molar-refractivity contribution is 9.10. The SMILES string of the molecule is COCOc1cc(Br)c2ccccc2c1F. The molecular formula is C12H10BrFO2. The molecule has 84 valence electrons. The first kappa shape index (κ1) is 11.4. The van der Waals surface area contributed by atoms with E-state index in [0.717, 1.165) is 9.86 Å². The summed E-state index contributed by atoms with van der Waals surface area (Å²) in [7, 11) is 1.49. The molecule has 0 atom stereocenters. The molecule has 0 aliphatic rings. The largest absolute Gasteiger partial charge is 0.464 e. The van der Waals surface area contributed by atoms with Crippen LogP contribution in [0, 0.1) is 5.82 Å². The fraction of sp³-hybridized carbons (Fsp3) is 0.167. The van der Waals surface area contributed by atoms with Gasteiger partial charge in [0.2, 0.25) is 0 Å². The smallest absolute Gasteiger partial charge is 0.188 e. The maximum atomic E-state index is 14.0. The molecule has 2 nitrogen and oxygen atoms in total. The van der Waals surface area contributed by atoms with Crippen LogP contribution in [-0.2, 0) is 4.74 Å². The second-order valence-electron chi connectivity index (χ2n) is 3.27. The molecule has 2 aromatic rings. The molecule has 0 aliphatic heterocycles. The summed E-state index contributed by atoms with van der Waals surface area (Å²) in [6.45, 7) is 0.0295. The Morgan fingerprint density at radius 3 is 2.62 bits per heavy atom. The first-order valence-corrected chi connectivity index (χ1v) is 5.52. The standard InChI is InChI=1S/C12H10BrFO2/c1-15-7-16-11-6-10(13)8-4-2-3-5-9(8)12(11)14/h2-6H,7H2,1H3. The minimum Gasteiger partial charge on any atom is -0.464 e. The summed E-state index contributed by atoms with van der Waals surface area (Å²) in [6.07, 6.45) is 0. The number of hydrogen-bond donors (Lipinski definition) is 0. The Morgan fingerprint density at radius 2 is 1.94 bits per heavy atom. The summed E-state index contributed by atoms with van der Waals surface area (Å²) >= 11 is 3.39. The maximum absolute atomic E-state index is 14.0. The monoisotopic (exact) mass is 284 g/mol. The number of fused-ring (bicyclic) bond motifs is 1. The van der Waals surface area contributed by atoms with Crippen molar-refractivity contribution in [2.45, 2.75) is 0 Å². The molecule has 2 aromatic carbocycles. The number of hydrogen-bond acceptors (Lipinski definition) is 2. The molecule has 0 saturated carbocycles. The van der Waals surface area contributed by atoms with Gasteiger partial charge >= 0.3 is 0 Å². The van der Waals surface area contributed by atoms with Gasteiger partial charge in [0.05, 0.1) is 0 Å². The highest BCUT2D eigenvalue weighted by Gasteiger charge is 2.11. The number of ether oxygens (including phenoxy) is 2. The maximum Gasteiger partial charge on any atom is 0.188 e. The van der Waals surface area contributed by atoms with Gasteiger partial charge in [0, 0.05) is 17.0 Å². The van der Waals surface area contributed by atoms with Crippen LogP contribution < -0.4 is 4.74 Å². The molecule has 0 fully saturated rings. The topological polar surface area (TPSA) is 18.5 Å². The molecule has 16 heavy (non-hydrogen) atoms. The van der Waals surface area contributed by atoms with Gasteiger partial charge in [0.1, 0.15) is 0 Å². The van der Waals surface area contributed by atoms with Crippen LogP contribution in [-0.4, -0.2) is 13.9 Å². The van der Waals surface area contributed by atoms with Crippen LogP contribution in [0.1, 0.15) is 0 Å². The van der Waals surface area contributed by atoms with Crippen LogP contribution in [0.15, 0.2) is 34.8 Å². The third kappa shape index (κ3) is 2.03. The number of rotatable bonds is 3. The predicted octanol–water partition coefficient (Wildman–Crippen LogP) is 3.72. The molecule has 0 radical (unpaired) electrons. The van der Waals surface area contributed by atoms with Gasteiger partial charge in [0.15, 0.2) is 18.4 Å². The first-order valence-electron chi connectivity index (χ1n) is 4.72. The van der Waals surface area contributed by atoms with Crippen molar-refractivity contribution in [1.82, 2.24) is 0 Å². The summed E-state index contributed by atoms with van der Waals surface area (Å²) in [5, 5.41) is 1.35. The van der Waals surface area contributed by atoms with E-state index < -0.39 is 0 Å². The second kappa shape index (κ2) is 4.80. The Balaban J connectivity index is 2.56. The Bertz CT molecular complexity index is 514. The van der Waals surface area contributed by atoms with Crippen molar-refractivity contribution in [2.24, 2.45) is 0 Å². The van der Waals surface area contributed by atoms with E-state index in [1.807, 2.05) is 12.1 Å². The highest BCUT2D eigenvalue weighted by atomic mass is 79.9. The average Bonchev–Trinajstić information content (AvgIpc) is 2.32. The zero-order chi connectivity index (χ0) is 11.5. The summed E-state index contributed by atoms with van der Waals surface area (Å²) in [6, 6.07) is 8.83. The minimum atomic E-state index is -0.365. The lowest BCUT2D eigenvalue weighted by molar-refractivity contribution is 0.0485. The normalized spacial score (nSPS) is 10.7. The third-order valence-electron chi connectivity index (χ3n) is 2.23. The van der Waals surface area contributed by atoms with E-state index in [2.05, 4.69) is 15.9 Å². The molecule has 0 unspecified atom stereocenters. The van der Waals surface area contributed by atoms with E-state index in [4.69, 9.17) is 9.47 Å². The van der Waals surface area contributed by atoms with Crippen LogP contribution in [0.2, 0.25) is 0 Å². The quantitative estimate of drug-likeness (QED) is 0.800. The Morgan fingerprint density at radius 1 is 1.25 bits per heavy atom. The van der Waals surface area contributed by atoms with Gasteiger partial charge in [-0.1, -0.05) is 40.2 Å². The van der Waals surface area contributed by atoms with Crippen molar-refractivity contribution >= 4 is 26.7 Å². The highest BCUT2D eigenvalue weighted by Crippen LogP contribution is 2.32. The van der Waals surface area contributed by atoms with E-state index in [-0.39, 0.29) is 18.4 Å². The molecule has 2 rings (SSSR count). The van der Waals surface area contributed by atoms with Gasteiger partial charge in [-0.3, -0.25) is 0 Å². The Kier molecular flexibility index (Phi) is 3.41. The molecule has 0 heterocycles. The molecule has 4 heteroatoms. The second-order valence-corrected chi connectivity index (χ2v) is 4.12. The van der Waals surface area contributed by atoms with Gasteiger partial charge in [0.25, 0.3) is 0 Å². The van der Waals surface area contributed by atoms with E-state index in [1.165, 1.54) is 7.11 Å². The van der Waals surface area contributed by atoms with Gasteiger partial charge in [-0.05, 0) is 11.5 Å². The average molecular weight is 285 g/mol. The van der Waals surface area contributed by atoms with E-state index in [0.29, 0.717) is 5.39 Å². The van der Waals surface area contributed by atoms with Crippen molar-refractivity contribution in [3.05, 3.63) is 40.6 Å².